The number of nitrogens with zero attached hydrogens (tertiary/aromatic N) is 1. The Balaban J connectivity index is 1.95. The lowest BCUT2D eigenvalue weighted by atomic mass is 9.97. The maximum Gasteiger partial charge on any atom is 0.244 e. The van der Waals surface area contributed by atoms with Crippen molar-refractivity contribution < 1.29 is 4.79 Å². The molecule has 120 valence electrons. The van der Waals surface area contributed by atoms with Crippen LogP contribution in [0.25, 0.3) is 0 Å². The Bertz CT molecular complexity index is 499. The number of thiophene rings is 1. The summed E-state index contributed by atoms with van der Waals surface area (Å²) in [5.74, 6) is 0.795. The van der Waals surface area contributed by atoms with Crippen molar-refractivity contribution in [1.82, 2.24) is 10.2 Å². The smallest absolute Gasteiger partial charge is 0.244 e. The summed E-state index contributed by atoms with van der Waals surface area (Å²) in [5.41, 5.74) is 0. The zero-order chi connectivity index (χ0) is 15.8. The number of likely N-dealkylation sites (tertiary alicyclic amines) is 1. The van der Waals surface area contributed by atoms with E-state index in [0.29, 0.717) is 12.6 Å². The number of hydrogen-bond donors (Lipinski definition) is 1. The van der Waals surface area contributed by atoms with Gasteiger partial charge in [0.05, 0.1) is 6.04 Å². The summed E-state index contributed by atoms with van der Waals surface area (Å²) in [6, 6.07) is 4.56. The van der Waals surface area contributed by atoms with Gasteiger partial charge in [0.15, 0.2) is 0 Å². The third-order valence-corrected chi connectivity index (χ3v) is 5.12. The highest BCUT2D eigenvalue weighted by Crippen LogP contribution is 2.28. The monoisotopic (exact) mass is 318 g/mol. The lowest BCUT2D eigenvalue weighted by Gasteiger charge is -2.36. The quantitative estimate of drug-likeness (QED) is 0.639. The SMILES string of the molecule is C/C=C/C=C/C(=O)NCC(c1cccs1)N1CCC(C)CC1. The van der Waals surface area contributed by atoms with Gasteiger partial charge in [-0.05, 0) is 50.2 Å². The Morgan fingerprint density at radius 1 is 1.45 bits per heavy atom. The van der Waals surface area contributed by atoms with Crippen LogP contribution in [-0.2, 0) is 4.79 Å². The first-order valence-electron chi connectivity index (χ1n) is 8.05. The predicted molar refractivity (Wildman–Crippen MR) is 94.0 cm³/mol. The maximum absolute atomic E-state index is 11.9. The van der Waals surface area contributed by atoms with Crippen molar-refractivity contribution in [2.45, 2.75) is 32.7 Å². The van der Waals surface area contributed by atoms with Gasteiger partial charge in [-0.15, -0.1) is 11.3 Å². The fourth-order valence-electron chi connectivity index (χ4n) is 2.74. The van der Waals surface area contributed by atoms with E-state index in [4.69, 9.17) is 0 Å². The van der Waals surface area contributed by atoms with Crippen LogP contribution in [0.15, 0.2) is 41.8 Å². The summed E-state index contributed by atoms with van der Waals surface area (Å²) in [7, 11) is 0. The van der Waals surface area contributed by atoms with Crippen LogP contribution in [0, 0.1) is 5.92 Å². The molecule has 1 aliphatic heterocycles. The van der Waals surface area contributed by atoms with Crippen LogP contribution in [0.3, 0.4) is 0 Å². The number of rotatable bonds is 6. The molecule has 22 heavy (non-hydrogen) atoms. The van der Waals surface area contributed by atoms with Crippen LogP contribution in [0.2, 0.25) is 0 Å². The molecular formula is C18H26N2OS. The summed E-state index contributed by atoms with van der Waals surface area (Å²) in [4.78, 5) is 15.7. The third kappa shape index (κ3) is 5.11. The molecule has 1 aromatic rings. The van der Waals surface area contributed by atoms with Gasteiger partial charge in [-0.2, -0.15) is 0 Å². The van der Waals surface area contributed by atoms with E-state index >= 15 is 0 Å². The van der Waals surface area contributed by atoms with E-state index in [2.05, 4.69) is 34.7 Å². The summed E-state index contributed by atoms with van der Waals surface area (Å²) in [6.07, 6.45) is 9.63. The second kappa shape index (κ2) is 8.91. The van der Waals surface area contributed by atoms with Gasteiger partial charge in [0.1, 0.15) is 0 Å². The van der Waals surface area contributed by atoms with Crippen LogP contribution < -0.4 is 5.32 Å². The van der Waals surface area contributed by atoms with Crippen LogP contribution in [-0.4, -0.2) is 30.4 Å². The summed E-state index contributed by atoms with van der Waals surface area (Å²) in [5, 5.41) is 5.16. The standard InChI is InChI=1S/C18H26N2OS/c1-3-4-5-8-18(21)19-14-16(17-7-6-13-22-17)20-11-9-15(2)10-12-20/h3-8,13,15-16H,9-12,14H2,1-2H3,(H,19,21)/b4-3+,8-5+. The molecule has 0 aliphatic carbocycles. The molecule has 1 saturated heterocycles. The van der Waals surface area contributed by atoms with Gasteiger partial charge in [-0.3, -0.25) is 9.69 Å². The van der Waals surface area contributed by atoms with E-state index in [0.717, 1.165) is 19.0 Å². The number of carbonyl (C=O) groups excluding carboxylic acids is 1. The Morgan fingerprint density at radius 2 is 2.23 bits per heavy atom. The number of amides is 1. The average Bonchev–Trinajstić information content (AvgIpc) is 3.04. The molecule has 1 fully saturated rings. The molecule has 2 heterocycles. The molecule has 0 saturated carbocycles. The number of piperidine rings is 1. The molecule has 1 aliphatic rings. The second-order valence-electron chi connectivity index (χ2n) is 5.88. The van der Waals surface area contributed by atoms with Gasteiger partial charge in [0, 0.05) is 17.5 Å². The van der Waals surface area contributed by atoms with Gasteiger partial charge < -0.3 is 5.32 Å². The molecular weight excluding hydrogens is 292 g/mol. The molecule has 2 rings (SSSR count). The highest BCUT2D eigenvalue weighted by Gasteiger charge is 2.25. The Labute approximate surface area is 137 Å². The molecule has 0 radical (unpaired) electrons. The van der Waals surface area contributed by atoms with Crippen molar-refractivity contribution in [3.63, 3.8) is 0 Å². The van der Waals surface area contributed by atoms with Crippen molar-refractivity contribution in [1.29, 1.82) is 0 Å². The topological polar surface area (TPSA) is 32.3 Å². The normalized spacial score (nSPS) is 19.0. The Morgan fingerprint density at radius 3 is 2.86 bits per heavy atom. The zero-order valence-electron chi connectivity index (χ0n) is 13.5. The van der Waals surface area contributed by atoms with Crippen molar-refractivity contribution in [2.24, 2.45) is 5.92 Å². The number of nitrogens with one attached hydrogen (secondary N) is 1. The van der Waals surface area contributed by atoms with Gasteiger partial charge >= 0.3 is 0 Å². The third-order valence-electron chi connectivity index (χ3n) is 4.15. The molecule has 3 nitrogen and oxygen atoms in total. The predicted octanol–water partition coefficient (Wildman–Crippen LogP) is 3.77. The number of carbonyl (C=O) groups is 1. The molecule has 0 spiro atoms. The van der Waals surface area contributed by atoms with E-state index in [9.17, 15) is 4.79 Å². The minimum atomic E-state index is -0.0231. The van der Waals surface area contributed by atoms with Crippen molar-refractivity contribution in [3.8, 4) is 0 Å². The van der Waals surface area contributed by atoms with Gasteiger partial charge in [0.2, 0.25) is 5.91 Å². The lowest BCUT2D eigenvalue weighted by molar-refractivity contribution is -0.116. The highest BCUT2D eigenvalue weighted by atomic mass is 32.1. The van der Waals surface area contributed by atoms with Gasteiger partial charge in [-0.25, -0.2) is 0 Å². The molecule has 0 aromatic carbocycles. The van der Waals surface area contributed by atoms with Crippen LogP contribution in [0.1, 0.15) is 37.6 Å². The minimum absolute atomic E-state index is 0.0231. The molecule has 4 heteroatoms. The van der Waals surface area contributed by atoms with E-state index in [1.165, 1.54) is 17.7 Å². The van der Waals surface area contributed by atoms with Gasteiger partial charge in [-0.1, -0.05) is 31.2 Å². The van der Waals surface area contributed by atoms with Crippen molar-refractivity contribution in [2.75, 3.05) is 19.6 Å². The molecule has 0 bridgehead atoms. The van der Waals surface area contributed by atoms with Crippen LogP contribution >= 0.6 is 11.3 Å². The maximum atomic E-state index is 11.9. The van der Waals surface area contributed by atoms with E-state index in [-0.39, 0.29) is 5.91 Å². The van der Waals surface area contributed by atoms with Crippen LogP contribution in [0.4, 0.5) is 0 Å². The first kappa shape index (κ1) is 17.0. The number of hydrogen-bond acceptors (Lipinski definition) is 3. The van der Waals surface area contributed by atoms with Crippen LogP contribution in [0.5, 0.6) is 0 Å². The van der Waals surface area contributed by atoms with E-state index < -0.39 is 0 Å². The summed E-state index contributed by atoms with van der Waals surface area (Å²) in [6.45, 7) is 7.17. The molecule has 1 N–H and O–H groups in total. The first-order valence-corrected chi connectivity index (χ1v) is 8.93. The number of allylic oxidation sites excluding steroid dienone is 3. The second-order valence-corrected chi connectivity index (χ2v) is 6.86. The van der Waals surface area contributed by atoms with Gasteiger partial charge in [0.25, 0.3) is 0 Å². The highest BCUT2D eigenvalue weighted by molar-refractivity contribution is 7.10. The fraction of sp³-hybridized carbons (Fsp3) is 0.500. The first-order chi connectivity index (χ1) is 10.7. The van der Waals surface area contributed by atoms with Crippen molar-refractivity contribution in [3.05, 3.63) is 46.7 Å². The summed E-state index contributed by atoms with van der Waals surface area (Å²) >= 11 is 1.78. The Kier molecular flexibility index (Phi) is 6.87. The van der Waals surface area contributed by atoms with Crippen molar-refractivity contribution >= 4 is 17.2 Å². The minimum Gasteiger partial charge on any atom is -0.351 e. The Hall–Kier alpha value is -1.39. The largest absolute Gasteiger partial charge is 0.351 e. The molecule has 1 amide bonds. The molecule has 1 atom stereocenters. The fourth-order valence-corrected chi connectivity index (χ4v) is 3.60. The van der Waals surface area contributed by atoms with E-state index in [1.807, 2.05) is 19.1 Å². The lowest BCUT2D eigenvalue weighted by Crippen LogP contribution is -2.41. The average molecular weight is 318 g/mol. The molecule has 1 aromatic heterocycles. The van der Waals surface area contributed by atoms with E-state index in [1.54, 1.807) is 23.5 Å². The zero-order valence-corrected chi connectivity index (χ0v) is 14.3. The summed E-state index contributed by atoms with van der Waals surface area (Å²) < 4.78 is 0. The molecule has 1 unspecified atom stereocenters.